The zero-order valence-electron chi connectivity index (χ0n) is 22.5. The summed E-state index contributed by atoms with van der Waals surface area (Å²) in [5, 5.41) is 1.98. The smallest absolute Gasteiger partial charge is 0.231 e. The molecule has 0 fully saturated rings. The maximum absolute atomic E-state index is 15.6. The van der Waals surface area contributed by atoms with Gasteiger partial charge in [-0.3, -0.25) is 0 Å². The summed E-state index contributed by atoms with van der Waals surface area (Å²) in [4.78, 5) is 0. The molecule has 4 aromatic carbocycles. The number of hydrogen-bond donors (Lipinski definition) is 0. The van der Waals surface area contributed by atoms with Crippen LogP contribution in [0.3, 0.4) is 0 Å². The van der Waals surface area contributed by atoms with E-state index in [-0.39, 0.29) is 6.79 Å². The molecule has 7 heteroatoms. The van der Waals surface area contributed by atoms with E-state index in [1.54, 1.807) is 14.2 Å². The van der Waals surface area contributed by atoms with Crippen molar-refractivity contribution in [1.82, 2.24) is 0 Å². The molecule has 1 aliphatic heterocycles. The lowest BCUT2D eigenvalue weighted by molar-refractivity contribution is 0.172. The molecule has 5 rings (SSSR count). The molecule has 4 aromatic rings. The molecule has 0 saturated heterocycles. The van der Waals surface area contributed by atoms with Gasteiger partial charge in [0.05, 0.1) is 14.2 Å². The Balaban J connectivity index is 1.79. The highest BCUT2D eigenvalue weighted by Crippen LogP contribution is 2.50. The number of methoxy groups -OCH3 is 2. The van der Waals surface area contributed by atoms with E-state index in [1.807, 2.05) is 94.4 Å². The van der Waals surface area contributed by atoms with Crippen LogP contribution in [0.15, 0.2) is 66.7 Å². The van der Waals surface area contributed by atoms with Gasteiger partial charge in [-0.15, -0.1) is 0 Å². The lowest BCUT2D eigenvalue weighted by Gasteiger charge is -2.24. The number of aryl methyl sites for hydroxylation is 4. The van der Waals surface area contributed by atoms with Crippen LogP contribution in [0.4, 0.5) is 0 Å². The number of hydrogen-bond acceptors (Lipinski definition) is 6. The van der Waals surface area contributed by atoms with E-state index in [9.17, 15) is 0 Å². The monoisotopic (exact) mass is 530 g/mol. The van der Waals surface area contributed by atoms with Crippen molar-refractivity contribution in [1.29, 1.82) is 0 Å². The van der Waals surface area contributed by atoms with Crippen LogP contribution in [0.2, 0.25) is 0 Å². The van der Waals surface area contributed by atoms with E-state index in [1.165, 1.54) is 0 Å². The third-order valence-electron chi connectivity index (χ3n) is 6.78. The summed E-state index contributed by atoms with van der Waals surface area (Å²) in [6.07, 6.45) is 0. The molecule has 0 aromatic heterocycles. The summed E-state index contributed by atoms with van der Waals surface area (Å²) in [7, 11) is -0.138. The molecule has 196 valence electrons. The lowest BCUT2D eigenvalue weighted by Crippen LogP contribution is -2.26. The minimum absolute atomic E-state index is 0.0652. The van der Waals surface area contributed by atoms with Gasteiger partial charge in [0.2, 0.25) is 12.5 Å². The molecule has 0 atom stereocenters. The number of para-hydroxylation sites is 1. The predicted molar refractivity (Wildman–Crippen MR) is 151 cm³/mol. The van der Waals surface area contributed by atoms with Gasteiger partial charge in [-0.1, -0.05) is 18.2 Å². The summed E-state index contributed by atoms with van der Waals surface area (Å²) in [5.41, 5.74) is 3.63. The molecule has 0 spiro atoms. The second-order valence-corrected chi connectivity index (χ2v) is 12.2. The Bertz CT molecular complexity index is 1450. The summed E-state index contributed by atoms with van der Waals surface area (Å²) < 4.78 is 44.6. The van der Waals surface area contributed by atoms with Crippen LogP contribution in [0.5, 0.6) is 34.5 Å². The van der Waals surface area contributed by atoms with Crippen LogP contribution >= 0.6 is 7.14 Å². The van der Waals surface area contributed by atoms with Crippen LogP contribution < -0.4 is 39.6 Å². The Morgan fingerprint density at radius 1 is 0.684 bits per heavy atom. The highest BCUT2D eigenvalue weighted by molar-refractivity contribution is 7.85. The molecular formula is C31H31O6P. The average Bonchev–Trinajstić information content (AvgIpc) is 3.38. The third kappa shape index (κ3) is 4.39. The topological polar surface area (TPSA) is 63.2 Å². The molecule has 38 heavy (non-hydrogen) atoms. The van der Waals surface area contributed by atoms with Gasteiger partial charge in [0, 0.05) is 15.9 Å². The number of ether oxygens (including phenoxy) is 5. The standard InChI is InChI=1S/C31H31O6P/c1-19-12-24(13-20(2)29(19)33-5)38(32,25-14-21(3)30(34-6)22(4)15-25)26-16-27-31(36-18-35-27)28(17-26)37-23-10-8-7-9-11-23/h7-17H,18H2,1-6H3. The van der Waals surface area contributed by atoms with Crippen LogP contribution in [0.25, 0.3) is 0 Å². The highest BCUT2D eigenvalue weighted by atomic mass is 31.2. The normalized spacial score (nSPS) is 12.4. The van der Waals surface area contributed by atoms with E-state index in [0.29, 0.717) is 38.9 Å². The summed E-state index contributed by atoms with van der Waals surface area (Å²) >= 11 is 0. The first-order valence-corrected chi connectivity index (χ1v) is 14.1. The van der Waals surface area contributed by atoms with E-state index in [0.717, 1.165) is 33.8 Å². The van der Waals surface area contributed by atoms with Crippen molar-refractivity contribution in [2.45, 2.75) is 27.7 Å². The average molecular weight is 531 g/mol. The predicted octanol–water partition coefficient (Wildman–Crippen LogP) is 6.10. The van der Waals surface area contributed by atoms with Gasteiger partial charge in [0.15, 0.2) is 18.6 Å². The Morgan fingerprint density at radius 2 is 1.18 bits per heavy atom. The van der Waals surface area contributed by atoms with Crippen molar-refractivity contribution >= 4 is 23.1 Å². The largest absolute Gasteiger partial charge is 0.496 e. The minimum atomic E-state index is -3.44. The maximum atomic E-state index is 15.6. The minimum Gasteiger partial charge on any atom is -0.496 e. The molecule has 0 bridgehead atoms. The van der Waals surface area contributed by atoms with Gasteiger partial charge in [0.25, 0.3) is 0 Å². The van der Waals surface area contributed by atoms with E-state index < -0.39 is 7.14 Å². The lowest BCUT2D eigenvalue weighted by atomic mass is 10.1. The Hall–Kier alpha value is -3.89. The zero-order chi connectivity index (χ0) is 27.0. The maximum Gasteiger partial charge on any atom is 0.231 e. The van der Waals surface area contributed by atoms with E-state index in [2.05, 4.69) is 0 Å². The fourth-order valence-electron chi connectivity index (χ4n) is 5.15. The molecule has 0 unspecified atom stereocenters. The van der Waals surface area contributed by atoms with Crippen molar-refractivity contribution < 1.29 is 28.2 Å². The zero-order valence-corrected chi connectivity index (χ0v) is 23.3. The van der Waals surface area contributed by atoms with Gasteiger partial charge in [-0.25, -0.2) is 0 Å². The highest BCUT2D eigenvalue weighted by Gasteiger charge is 2.35. The molecule has 0 radical (unpaired) electrons. The van der Waals surface area contributed by atoms with Crippen LogP contribution in [-0.2, 0) is 4.57 Å². The molecule has 0 N–H and O–H groups in total. The van der Waals surface area contributed by atoms with Crippen LogP contribution in [0.1, 0.15) is 22.3 Å². The van der Waals surface area contributed by atoms with Crippen molar-refractivity contribution in [3.05, 3.63) is 89.0 Å². The van der Waals surface area contributed by atoms with E-state index >= 15 is 4.57 Å². The second-order valence-electron chi connectivity index (χ2n) is 9.43. The fraction of sp³-hybridized carbons (Fsp3) is 0.226. The second kappa shape index (κ2) is 10.1. The van der Waals surface area contributed by atoms with Gasteiger partial charge in [-0.05, 0) is 98.5 Å². The Morgan fingerprint density at radius 3 is 1.68 bits per heavy atom. The van der Waals surface area contributed by atoms with E-state index in [4.69, 9.17) is 23.7 Å². The quantitative estimate of drug-likeness (QED) is 0.269. The molecule has 0 amide bonds. The van der Waals surface area contributed by atoms with Crippen LogP contribution in [-0.4, -0.2) is 21.0 Å². The molecule has 0 aliphatic carbocycles. The summed E-state index contributed by atoms with van der Waals surface area (Å²) in [6, 6.07) is 20.9. The van der Waals surface area contributed by atoms with Gasteiger partial charge >= 0.3 is 0 Å². The van der Waals surface area contributed by atoms with Gasteiger partial charge in [0.1, 0.15) is 17.2 Å². The van der Waals surface area contributed by atoms with Crippen molar-refractivity contribution in [3.63, 3.8) is 0 Å². The first-order valence-electron chi connectivity index (χ1n) is 12.3. The molecular weight excluding hydrogens is 499 g/mol. The van der Waals surface area contributed by atoms with Crippen molar-refractivity contribution in [2.24, 2.45) is 0 Å². The first-order chi connectivity index (χ1) is 18.3. The number of benzene rings is 4. The summed E-state index contributed by atoms with van der Waals surface area (Å²) in [6.45, 7) is 7.93. The fourth-order valence-corrected chi connectivity index (χ4v) is 8.14. The van der Waals surface area contributed by atoms with Gasteiger partial charge < -0.3 is 28.2 Å². The Kier molecular flexibility index (Phi) is 6.85. The van der Waals surface area contributed by atoms with Crippen molar-refractivity contribution in [2.75, 3.05) is 21.0 Å². The molecule has 0 saturated carbocycles. The van der Waals surface area contributed by atoms with Gasteiger partial charge in [-0.2, -0.15) is 0 Å². The SMILES string of the molecule is COc1c(C)cc(P(=O)(c2cc(C)c(OC)c(C)c2)c2cc3c(c(Oc4ccccc4)c2)OCO3)cc1C. The molecule has 1 heterocycles. The Labute approximate surface area is 223 Å². The number of fused-ring (bicyclic) bond motifs is 1. The first kappa shape index (κ1) is 25.7. The van der Waals surface area contributed by atoms with Crippen LogP contribution in [0, 0.1) is 27.7 Å². The number of rotatable bonds is 7. The summed E-state index contributed by atoms with van der Waals surface area (Å²) in [5.74, 6) is 3.64. The molecule has 6 nitrogen and oxygen atoms in total. The molecule has 1 aliphatic rings. The van der Waals surface area contributed by atoms with Crippen molar-refractivity contribution in [3.8, 4) is 34.5 Å². The third-order valence-corrected chi connectivity index (χ3v) is 9.74.